The zero-order chi connectivity index (χ0) is 29.0. The van der Waals surface area contributed by atoms with E-state index < -0.39 is 36.9 Å². The summed E-state index contributed by atoms with van der Waals surface area (Å²) in [7, 11) is 0. The van der Waals surface area contributed by atoms with Gasteiger partial charge in [-0.05, 0) is 64.2 Å². The molecule has 0 fully saturated rings. The number of amides is 1. The lowest BCUT2D eigenvalue weighted by Gasteiger charge is -2.27. The number of aliphatic hydroxyl groups excluding tert-OH is 4. The minimum atomic E-state index is -1.28. The topological polar surface area (TPSA) is 110 Å². The summed E-state index contributed by atoms with van der Waals surface area (Å²) >= 11 is 0. The predicted molar refractivity (Wildman–Crippen MR) is 164 cm³/mol. The maximum atomic E-state index is 12.3. The smallest absolute Gasteiger partial charge is 0.249 e. The lowest BCUT2D eigenvalue weighted by atomic mass is 10.00. The van der Waals surface area contributed by atoms with Crippen molar-refractivity contribution >= 4 is 5.91 Å². The van der Waals surface area contributed by atoms with E-state index >= 15 is 0 Å². The second-order valence-electron chi connectivity index (χ2n) is 11.1. The van der Waals surface area contributed by atoms with Gasteiger partial charge in [0, 0.05) is 0 Å². The Balaban J connectivity index is 3.91. The SMILES string of the molecule is CCCCC/C=C/CCCC(O)C(O)C(CO)NC(=O)C(O)CCCCCC/C=C\CCCCCCCCC. The number of allylic oxidation sites excluding steroid dienone is 4. The largest absolute Gasteiger partial charge is 0.394 e. The fourth-order valence-corrected chi connectivity index (χ4v) is 4.69. The van der Waals surface area contributed by atoms with E-state index in [-0.39, 0.29) is 0 Å². The van der Waals surface area contributed by atoms with Crippen LogP contribution in [0.1, 0.15) is 149 Å². The van der Waals surface area contributed by atoms with E-state index in [1.807, 2.05) is 0 Å². The molecule has 5 N–H and O–H groups in total. The number of nitrogens with one attached hydrogen (secondary N) is 1. The number of rotatable bonds is 28. The molecule has 0 bridgehead atoms. The monoisotopic (exact) mass is 553 g/mol. The number of carbonyl (C=O) groups is 1. The predicted octanol–water partition coefficient (Wildman–Crippen LogP) is 6.89. The first-order valence-electron chi connectivity index (χ1n) is 16.2. The van der Waals surface area contributed by atoms with Crippen molar-refractivity contribution in [1.29, 1.82) is 0 Å². The summed E-state index contributed by atoms with van der Waals surface area (Å²) < 4.78 is 0. The summed E-state index contributed by atoms with van der Waals surface area (Å²) in [5.74, 6) is -0.608. The van der Waals surface area contributed by atoms with Crippen molar-refractivity contribution in [3.8, 4) is 0 Å². The lowest BCUT2D eigenvalue weighted by molar-refractivity contribution is -0.132. The molecule has 6 heteroatoms. The molecule has 0 aromatic rings. The van der Waals surface area contributed by atoms with E-state index in [1.54, 1.807) is 0 Å². The molecule has 0 heterocycles. The van der Waals surface area contributed by atoms with Gasteiger partial charge in [-0.3, -0.25) is 4.79 Å². The van der Waals surface area contributed by atoms with Gasteiger partial charge in [-0.15, -0.1) is 0 Å². The summed E-state index contributed by atoms with van der Waals surface area (Å²) in [5, 5.41) is 43.0. The first-order chi connectivity index (χ1) is 19.0. The van der Waals surface area contributed by atoms with Crippen LogP contribution in [0.15, 0.2) is 24.3 Å². The summed E-state index contributed by atoms with van der Waals surface area (Å²) in [6.45, 7) is 3.93. The van der Waals surface area contributed by atoms with Crippen molar-refractivity contribution < 1.29 is 25.2 Å². The second kappa shape index (κ2) is 28.3. The highest BCUT2D eigenvalue weighted by Gasteiger charge is 2.28. The Morgan fingerprint density at radius 1 is 0.615 bits per heavy atom. The molecule has 0 aliphatic heterocycles. The quantitative estimate of drug-likeness (QED) is 0.0535. The second-order valence-corrected chi connectivity index (χ2v) is 11.1. The number of aliphatic hydroxyl groups is 4. The van der Waals surface area contributed by atoms with Crippen molar-refractivity contribution in [2.45, 2.75) is 173 Å². The van der Waals surface area contributed by atoms with E-state index in [4.69, 9.17) is 0 Å². The van der Waals surface area contributed by atoms with Crippen molar-refractivity contribution in [3.05, 3.63) is 24.3 Å². The molecule has 0 saturated heterocycles. The van der Waals surface area contributed by atoms with Gasteiger partial charge >= 0.3 is 0 Å². The maximum absolute atomic E-state index is 12.3. The molecule has 4 atom stereocenters. The minimum absolute atomic E-state index is 0.349. The summed E-state index contributed by atoms with van der Waals surface area (Å²) in [6, 6.07) is -1.00. The molecule has 0 spiro atoms. The van der Waals surface area contributed by atoms with Gasteiger partial charge in [-0.2, -0.15) is 0 Å². The van der Waals surface area contributed by atoms with E-state index in [0.717, 1.165) is 44.9 Å². The highest BCUT2D eigenvalue weighted by molar-refractivity contribution is 5.80. The van der Waals surface area contributed by atoms with Gasteiger partial charge < -0.3 is 25.7 Å². The Morgan fingerprint density at radius 2 is 1.05 bits per heavy atom. The van der Waals surface area contributed by atoms with Crippen molar-refractivity contribution in [2.24, 2.45) is 0 Å². The van der Waals surface area contributed by atoms with Crippen LogP contribution in [-0.4, -0.2) is 57.3 Å². The number of carbonyl (C=O) groups excluding carboxylic acids is 1. The van der Waals surface area contributed by atoms with Gasteiger partial charge in [0.1, 0.15) is 12.2 Å². The first-order valence-corrected chi connectivity index (χ1v) is 16.2. The Morgan fingerprint density at radius 3 is 1.59 bits per heavy atom. The molecule has 6 nitrogen and oxygen atoms in total. The van der Waals surface area contributed by atoms with Crippen molar-refractivity contribution in [3.63, 3.8) is 0 Å². The van der Waals surface area contributed by atoms with Gasteiger partial charge in [0.2, 0.25) is 5.91 Å². The number of unbranched alkanes of at least 4 members (excludes halogenated alkanes) is 15. The van der Waals surface area contributed by atoms with Gasteiger partial charge in [0.05, 0.1) is 18.8 Å². The molecule has 0 aromatic heterocycles. The van der Waals surface area contributed by atoms with Crippen LogP contribution in [0.4, 0.5) is 0 Å². The normalized spacial score (nSPS) is 15.1. The molecule has 0 rings (SSSR count). The van der Waals surface area contributed by atoms with Gasteiger partial charge in [0.25, 0.3) is 0 Å². The summed E-state index contributed by atoms with van der Waals surface area (Å²) in [4.78, 5) is 12.3. The fraction of sp³-hybridized carbons (Fsp3) is 0.848. The van der Waals surface area contributed by atoms with Crippen LogP contribution in [0.3, 0.4) is 0 Å². The lowest BCUT2D eigenvalue weighted by Crippen LogP contribution is -2.53. The molecule has 230 valence electrons. The molecule has 0 aliphatic carbocycles. The van der Waals surface area contributed by atoms with Crippen LogP contribution in [0.5, 0.6) is 0 Å². The third-order valence-corrected chi connectivity index (χ3v) is 7.38. The van der Waals surface area contributed by atoms with Gasteiger partial charge in [-0.25, -0.2) is 0 Å². The third kappa shape index (κ3) is 23.2. The summed E-state index contributed by atoms with van der Waals surface area (Å²) in [5.41, 5.74) is 0. The molecule has 0 radical (unpaired) electrons. The highest BCUT2D eigenvalue weighted by atomic mass is 16.3. The minimum Gasteiger partial charge on any atom is -0.394 e. The van der Waals surface area contributed by atoms with Crippen LogP contribution in [0.25, 0.3) is 0 Å². The Bertz CT molecular complexity index is 595. The molecular weight excluding hydrogens is 490 g/mol. The third-order valence-electron chi connectivity index (χ3n) is 7.38. The van der Waals surface area contributed by atoms with E-state index in [9.17, 15) is 25.2 Å². The molecular formula is C33H63NO5. The molecule has 0 aromatic carbocycles. The molecule has 4 unspecified atom stereocenters. The van der Waals surface area contributed by atoms with Crippen LogP contribution in [0, 0.1) is 0 Å². The zero-order valence-corrected chi connectivity index (χ0v) is 25.4. The number of hydrogen-bond donors (Lipinski definition) is 5. The van der Waals surface area contributed by atoms with E-state index in [1.165, 1.54) is 70.6 Å². The zero-order valence-electron chi connectivity index (χ0n) is 25.4. The maximum Gasteiger partial charge on any atom is 0.249 e. The van der Waals surface area contributed by atoms with Gasteiger partial charge in [0.15, 0.2) is 0 Å². The molecule has 0 aliphatic rings. The first kappa shape index (κ1) is 37.8. The van der Waals surface area contributed by atoms with Crippen LogP contribution < -0.4 is 5.32 Å². The van der Waals surface area contributed by atoms with Crippen molar-refractivity contribution in [2.75, 3.05) is 6.61 Å². The Labute approximate surface area is 240 Å². The average molecular weight is 554 g/mol. The Hall–Kier alpha value is -1.21. The van der Waals surface area contributed by atoms with Crippen LogP contribution in [0.2, 0.25) is 0 Å². The van der Waals surface area contributed by atoms with E-state index in [2.05, 4.69) is 43.5 Å². The highest BCUT2D eigenvalue weighted by Crippen LogP contribution is 2.13. The molecule has 1 amide bonds. The van der Waals surface area contributed by atoms with Gasteiger partial charge in [-0.1, -0.05) is 109 Å². The average Bonchev–Trinajstić information content (AvgIpc) is 2.94. The Kier molecular flexibility index (Phi) is 27.4. The molecule has 0 saturated carbocycles. The van der Waals surface area contributed by atoms with Crippen molar-refractivity contribution in [1.82, 2.24) is 5.32 Å². The summed E-state index contributed by atoms with van der Waals surface area (Å²) in [6.07, 6.45) is 27.8. The standard InChI is InChI=1S/C33H63NO5/c1-3-5-7-9-11-13-14-15-16-17-18-19-21-23-25-27-31(37)33(39)34-29(28-35)32(38)30(36)26-24-22-20-12-10-8-6-4-2/h12,16-17,20,29-32,35-38H,3-11,13-15,18-19,21-28H2,1-2H3,(H,34,39)/b17-16-,20-12+. The van der Waals surface area contributed by atoms with Crippen LogP contribution >= 0.6 is 0 Å². The number of hydrogen-bond acceptors (Lipinski definition) is 5. The van der Waals surface area contributed by atoms with E-state index in [0.29, 0.717) is 19.3 Å². The fourth-order valence-electron chi connectivity index (χ4n) is 4.69. The van der Waals surface area contributed by atoms with Crippen LogP contribution in [-0.2, 0) is 4.79 Å². The molecule has 39 heavy (non-hydrogen) atoms.